The van der Waals surface area contributed by atoms with Gasteiger partial charge in [0.25, 0.3) is 0 Å². The van der Waals surface area contributed by atoms with Crippen LogP contribution in [0.3, 0.4) is 0 Å². The normalized spacial score (nSPS) is 12.8. The minimum atomic E-state index is -0.253. The van der Waals surface area contributed by atoms with Gasteiger partial charge in [0.1, 0.15) is 5.82 Å². The molecule has 6 nitrogen and oxygen atoms in total. The minimum Gasteiger partial charge on any atom is -0.380 e. The zero-order chi connectivity index (χ0) is 16.1. The maximum atomic E-state index is 12.1. The number of hydrogen-bond donors (Lipinski definition) is 2. The molecular formula is C16H26Cl2N4O2. The van der Waals surface area contributed by atoms with Gasteiger partial charge >= 0.3 is 0 Å². The molecule has 0 aliphatic heterocycles. The molecule has 0 aliphatic rings. The Morgan fingerprint density at radius 2 is 2.04 bits per heavy atom. The summed E-state index contributed by atoms with van der Waals surface area (Å²) in [5.74, 6) is 0.776. The van der Waals surface area contributed by atoms with Crippen LogP contribution >= 0.6 is 24.8 Å². The molecule has 0 spiro atoms. The van der Waals surface area contributed by atoms with E-state index in [-0.39, 0.29) is 49.3 Å². The van der Waals surface area contributed by atoms with Crippen molar-refractivity contribution >= 4 is 41.8 Å². The number of amides is 1. The molecule has 1 heterocycles. The molecule has 1 amide bonds. The van der Waals surface area contributed by atoms with E-state index in [2.05, 4.69) is 21.8 Å². The molecule has 1 aromatic carbocycles. The first-order valence-corrected chi connectivity index (χ1v) is 7.58. The van der Waals surface area contributed by atoms with E-state index in [1.54, 1.807) is 7.11 Å². The average molecular weight is 377 g/mol. The number of nitrogens with two attached hydrogens (primary N) is 1. The standard InChI is InChI=1S/C16H24N4O2.2ClH/c1-4-20-14-8-6-5-7-13(14)19-16(20)11(2)18-15(21)9-12(10-17)22-3;;/h5-8,11-12H,4,9-10,17H2,1-3H3,(H,18,21);2*1H. The number of para-hydroxylation sites is 2. The van der Waals surface area contributed by atoms with Crippen LogP contribution in [0.1, 0.15) is 32.1 Å². The third-order valence-electron chi connectivity index (χ3n) is 3.77. The summed E-state index contributed by atoms with van der Waals surface area (Å²) in [6.45, 7) is 5.14. The summed E-state index contributed by atoms with van der Waals surface area (Å²) in [7, 11) is 1.56. The Kier molecular flexibility index (Phi) is 9.92. The zero-order valence-electron chi connectivity index (χ0n) is 14.2. The second-order valence-electron chi connectivity index (χ2n) is 5.29. The molecule has 0 radical (unpaired) electrons. The molecule has 0 bridgehead atoms. The Bertz CT molecular complexity index is 644. The number of imidazole rings is 1. The molecule has 3 N–H and O–H groups in total. The highest BCUT2D eigenvalue weighted by Crippen LogP contribution is 2.20. The first kappa shape index (κ1) is 22.7. The number of fused-ring (bicyclic) bond motifs is 1. The second kappa shape index (κ2) is 10.5. The van der Waals surface area contributed by atoms with E-state index in [1.807, 2.05) is 31.2 Å². The highest BCUT2D eigenvalue weighted by molar-refractivity contribution is 5.85. The van der Waals surface area contributed by atoms with E-state index in [9.17, 15) is 4.79 Å². The predicted octanol–water partition coefficient (Wildman–Crippen LogP) is 2.44. The van der Waals surface area contributed by atoms with E-state index in [0.717, 1.165) is 23.4 Å². The van der Waals surface area contributed by atoms with Crippen molar-refractivity contribution in [1.82, 2.24) is 14.9 Å². The molecule has 136 valence electrons. The van der Waals surface area contributed by atoms with E-state index < -0.39 is 0 Å². The lowest BCUT2D eigenvalue weighted by molar-refractivity contribution is -0.124. The second-order valence-corrected chi connectivity index (χ2v) is 5.29. The summed E-state index contributed by atoms with van der Waals surface area (Å²) in [4.78, 5) is 16.7. The summed E-state index contributed by atoms with van der Waals surface area (Å²) in [5, 5.41) is 2.97. The van der Waals surface area contributed by atoms with Gasteiger partial charge < -0.3 is 20.4 Å². The number of halogens is 2. The molecule has 2 aromatic rings. The van der Waals surface area contributed by atoms with Gasteiger partial charge in [-0.25, -0.2) is 4.98 Å². The molecule has 24 heavy (non-hydrogen) atoms. The maximum Gasteiger partial charge on any atom is 0.223 e. The zero-order valence-corrected chi connectivity index (χ0v) is 15.8. The van der Waals surface area contributed by atoms with E-state index in [1.165, 1.54) is 0 Å². The summed E-state index contributed by atoms with van der Waals surface area (Å²) in [6.07, 6.45) is 0.00106. The molecule has 2 atom stereocenters. The number of rotatable bonds is 7. The van der Waals surface area contributed by atoms with E-state index in [4.69, 9.17) is 10.5 Å². The number of nitrogens with one attached hydrogen (secondary N) is 1. The SMILES string of the molecule is CCn1c(C(C)NC(=O)CC(CN)OC)nc2ccccc21.Cl.Cl. The summed E-state index contributed by atoms with van der Waals surface area (Å²) < 4.78 is 7.27. The predicted molar refractivity (Wildman–Crippen MR) is 101 cm³/mol. The monoisotopic (exact) mass is 376 g/mol. The quantitative estimate of drug-likeness (QED) is 0.777. The number of carbonyl (C=O) groups excluding carboxylic acids is 1. The lowest BCUT2D eigenvalue weighted by Crippen LogP contribution is -2.34. The van der Waals surface area contributed by atoms with Gasteiger partial charge in [-0.15, -0.1) is 24.8 Å². The molecule has 0 saturated heterocycles. The Morgan fingerprint density at radius 3 is 2.62 bits per heavy atom. The smallest absolute Gasteiger partial charge is 0.223 e. The van der Waals surface area contributed by atoms with Crippen molar-refractivity contribution in [3.63, 3.8) is 0 Å². The number of benzene rings is 1. The van der Waals surface area contributed by atoms with E-state index in [0.29, 0.717) is 6.54 Å². The van der Waals surface area contributed by atoms with Crippen molar-refractivity contribution < 1.29 is 9.53 Å². The molecule has 0 aliphatic carbocycles. The van der Waals surface area contributed by atoms with Gasteiger partial charge in [0.15, 0.2) is 0 Å². The Hall–Kier alpha value is -1.34. The van der Waals surface area contributed by atoms with Gasteiger partial charge in [0.2, 0.25) is 5.91 Å². The average Bonchev–Trinajstić information content (AvgIpc) is 2.91. The van der Waals surface area contributed by atoms with Crippen LogP contribution < -0.4 is 11.1 Å². The highest BCUT2D eigenvalue weighted by Gasteiger charge is 2.19. The summed E-state index contributed by atoms with van der Waals surface area (Å²) in [5.41, 5.74) is 7.57. The number of hydrogen-bond acceptors (Lipinski definition) is 4. The maximum absolute atomic E-state index is 12.1. The van der Waals surface area contributed by atoms with Crippen molar-refractivity contribution in [3.05, 3.63) is 30.1 Å². The van der Waals surface area contributed by atoms with Gasteiger partial charge in [-0.2, -0.15) is 0 Å². The Balaban J connectivity index is 0.00000264. The third kappa shape index (κ3) is 5.08. The Morgan fingerprint density at radius 1 is 1.38 bits per heavy atom. The summed E-state index contributed by atoms with van der Waals surface area (Å²) in [6, 6.07) is 7.81. The van der Waals surface area contributed by atoms with Crippen LogP contribution in [0.25, 0.3) is 11.0 Å². The largest absolute Gasteiger partial charge is 0.380 e. The van der Waals surface area contributed by atoms with Crippen LogP contribution in [-0.4, -0.2) is 35.2 Å². The van der Waals surface area contributed by atoms with Crippen LogP contribution in [0.2, 0.25) is 0 Å². The van der Waals surface area contributed by atoms with Crippen LogP contribution in [0.15, 0.2) is 24.3 Å². The van der Waals surface area contributed by atoms with Crippen LogP contribution in [0.4, 0.5) is 0 Å². The first-order valence-electron chi connectivity index (χ1n) is 7.58. The highest BCUT2D eigenvalue weighted by atomic mass is 35.5. The first-order chi connectivity index (χ1) is 10.6. The topological polar surface area (TPSA) is 82.2 Å². The van der Waals surface area contributed by atoms with Crippen molar-refractivity contribution in [2.24, 2.45) is 5.73 Å². The van der Waals surface area contributed by atoms with Crippen LogP contribution in [0, 0.1) is 0 Å². The molecule has 8 heteroatoms. The minimum absolute atomic E-state index is 0. The number of nitrogens with zero attached hydrogens (tertiary/aromatic N) is 2. The van der Waals surface area contributed by atoms with E-state index >= 15 is 0 Å². The van der Waals surface area contributed by atoms with Crippen molar-refractivity contribution in [2.75, 3.05) is 13.7 Å². The number of aryl methyl sites for hydroxylation is 1. The van der Waals surface area contributed by atoms with Crippen LogP contribution in [0.5, 0.6) is 0 Å². The summed E-state index contributed by atoms with van der Waals surface area (Å²) >= 11 is 0. The van der Waals surface area contributed by atoms with Crippen LogP contribution in [-0.2, 0) is 16.1 Å². The molecule has 0 fully saturated rings. The molecule has 2 unspecified atom stereocenters. The number of methoxy groups -OCH3 is 1. The molecule has 1 aromatic heterocycles. The van der Waals surface area contributed by atoms with Crippen molar-refractivity contribution in [3.8, 4) is 0 Å². The molecular weight excluding hydrogens is 351 g/mol. The number of aromatic nitrogens is 2. The van der Waals surface area contributed by atoms with Gasteiger partial charge in [-0.3, -0.25) is 4.79 Å². The third-order valence-corrected chi connectivity index (χ3v) is 3.77. The fourth-order valence-corrected chi connectivity index (χ4v) is 2.59. The van der Waals surface area contributed by atoms with Gasteiger partial charge in [0, 0.05) is 20.2 Å². The lowest BCUT2D eigenvalue weighted by Gasteiger charge is -2.17. The fraction of sp³-hybridized carbons (Fsp3) is 0.500. The van der Waals surface area contributed by atoms with Crippen molar-refractivity contribution in [1.29, 1.82) is 0 Å². The van der Waals surface area contributed by atoms with Crippen molar-refractivity contribution in [2.45, 2.75) is 39.0 Å². The van der Waals surface area contributed by atoms with Gasteiger partial charge in [-0.1, -0.05) is 12.1 Å². The Labute approximate surface area is 155 Å². The van der Waals surface area contributed by atoms with Gasteiger partial charge in [0.05, 0.1) is 29.6 Å². The number of ether oxygens (including phenoxy) is 1. The van der Waals surface area contributed by atoms with Gasteiger partial charge in [-0.05, 0) is 26.0 Å². The molecule has 2 rings (SSSR count). The lowest BCUT2D eigenvalue weighted by atomic mass is 10.2. The number of carbonyl (C=O) groups is 1. The molecule has 0 saturated carbocycles. The fourth-order valence-electron chi connectivity index (χ4n) is 2.59.